The molecular weight excluding hydrogens is 518 g/mol. The van der Waals surface area contributed by atoms with Crippen LogP contribution in [0.1, 0.15) is 18.1 Å². The molecule has 0 aliphatic rings. The van der Waals surface area contributed by atoms with Crippen LogP contribution in [-0.2, 0) is 13.2 Å². The number of rotatable bonds is 10. The molecule has 0 bridgehead atoms. The molecule has 0 amide bonds. The van der Waals surface area contributed by atoms with Crippen LogP contribution in [0.4, 0.5) is 0 Å². The summed E-state index contributed by atoms with van der Waals surface area (Å²) >= 11 is 3.15. The first kappa shape index (κ1) is 24.4. The summed E-state index contributed by atoms with van der Waals surface area (Å²) in [6.45, 7) is 3.38. The van der Waals surface area contributed by atoms with Crippen LogP contribution in [0, 0.1) is 0 Å². The molecular formula is C29H25N3O4S2. The van der Waals surface area contributed by atoms with E-state index in [0.717, 1.165) is 37.3 Å². The minimum absolute atomic E-state index is 0.370. The van der Waals surface area contributed by atoms with E-state index < -0.39 is 0 Å². The normalized spacial score (nSPS) is 11.3. The van der Waals surface area contributed by atoms with Crippen molar-refractivity contribution in [1.82, 2.24) is 14.6 Å². The molecule has 0 unspecified atom stereocenters. The lowest BCUT2D eigenvalue weighted by Gasteiger charge is -2.11. The molecule has 3 heterocycles. The number of thioether (sulfide) groups is 1. The van der Waals surface area contributed by atoms with Crippen molar-refractivity contribution in [2.45, 2.75) is 24.5 Å². The van der Waals surface area contributed by atoms with Gasteiger partial charge in [0.1, 0.15) is 41.7 Å². The number of hydrogen-bond donors (Lipinski definition) is 0. The maximum absolute atomic E-state index is 6.30. The van der Waals surface area contributed by atoms with E-state index in [1.54, 1.807) is 27.6 Å². The first-order valence-corrected chi connectivity index (χ1v) is 14.2. The maximum atomic E-state index is 6.30. The molecule has 9 heteroatoms. The van der Waals surface area contributed by atoms with E-state index in [9.17, 15) is 0 Å². The Balaban J connectivity index is 1.24. The monoisotopic (exact) mass is 543 g/mol. The van der Waals surface area contributed by atoms with Crippen LogP contribution in [0.3, 0.4) is 0 Å². The van der Waals surface area contributed by atoms with Crippen molar-refractivity contribution in [1.29, 1.82) is 0 Å². The summed E-state index contributed by atoms with van der Waals surface area (Å²) in [7, 11) is 0. The highest BCUT2D eigenvalue weighted by molar-refractivity contribution is 8.00. The van der Waals surface area contributed by atoms with Gasteiger partial charge in [0.05, 0.1) is 18.2 Å². The third-order valence-electron chi connectivity index (χ3n) is 5.88. The Morgan fingerprint density at radius 3 is 2.55 bits per heavy atom. The molecule has 0 aliphatic carbocycles. The molecule has 3 aromatic carbocycles. The van der Waals surface area contributed by atoms with Gasteiger partial charge in [0.25, 0.3) is 0 Å². The summed E-state index contributed by atoms with van der Waals surface area (Å²) < 4.78 is 27.0. The average Bonchev–Trinajstić information content (AvgIpc) is 3.65. The number of fused-ring (bicyclic) bond motifs is 2. The van der Waals surface area contributed by atoms with Crippen molar-refractivity contribution in [3.05, 3.63) is 90.1 Å². The summed E-state index contributed by atoms with van der Waals surface area (Å²) in [4.78, 5) is 5.53. The van der Waals surface area contributed by atoms with Crippen LogP contribution in [0.25, 0.3) is 27.4 Å². The smallest absolute Gasteiger partial charge is 0.213 e. The lowest BCUT2D eigenvalue weighted by Crippen LogP contribution is -1.99. The number of ether oxygens (including phenoxy) is 3. The Labute approximate surface area is 228 Å². The number of aromatic nitrogens is 3. The highest BCUT2D eigenvalue weighted by atomic mass is 32.2. The molecule has 6 rings (SSSR count). The van der Waals surface area contributed by atoms with Gasteiger partial charge in [0.2, 0.25) is 4.96 Å². The molecule has 38 heavy (non-hydrogen) atoms. The topological polar surface area (TPSA) is 71.0 Å². The first-order chi connectivity index (χ1) is 18.7. The van der Waals surface area contributed by atoms with Crippen LogP contribution in [-0.4, -0.2) is 27.5 Å². The number of nitrogens with zero attached hydrogens (tertiary/aromatic N) is 3. The van der Waals surface area contributed by atoms with Gasteiger partial charge in [-0.3, -0.25) is 0 Å². The average molecular weight is 544 g/mol. The van der Waals surface area contributed by atoms with Gasteiger partial charge in [-0.1, -0.05) is 65.6 Å². The van der Waals surface area contributed by atoms with Crippen molar-refractivity contribution >= 4 is 39.0 Å². The lowest BCUT2D eigenvalue weighted by atomic mass is 10.2. The molecule has 0 radical (unpaired) electrons. The van der Waals surface area contributed by atoms with Crippen molar-refractivity contribution in [2.75, 3.05) is 12.9 Å². The maximum Gasteiger partial charge on any atom is 0.213 e. The molecule has 0 N–H and O–H groups in total. The largest absolute Gasteiger partial charge is 0.494 e. The summed E-state index contributed by atoms with van der Waals surface area (Å²) in [5.41, 5.74) is 3.52. The van der Waals surface area contributed by atoms with Crippen molar-refractivity contribution in [3.63, 3.8) is 0 Å². The van der Waals surface area contributed by atoms with E-state index in [2.05, 4.69) is 5.10 Å². The Hall–Kier alpha value is -3.95. The number of hydrogen-bond acceptors (Lipinski definition) is 8. The van der Waals surface area contributed by atoms with Gasteiger partial charge in [-0.25, -0.2) is 9.50 Å². The standard InChI is InChI=1S/C29H25N3O4S2/c1-3-33-22-13-25(35-18-20-10-7-11-21(12-20)34-17-19-8-5-4-6-9-19)23-15-27(36-26(23)14-22)24-16-32-28(30-24)38-29(31-32)37-2/h4-16H,3,17-18H2,1-2H3. The van der Waals surface area contributed by atoms with Gasteiger partial charge in [-0.2, -0.15) is 0 Å². The molecule has 0 spiro atoms. The van der Waals surface area contributed by atoms with Gasteiger partial charge in [0, 0.05) is 12.1 Å². The summed E-state index contributed by atoms with van der Waals surface area (Å²) in [5, 5.41) is 5.38. The van der Waals surface area contributed by atoms with Crippen LogP contribution >= 0.6 is 23.1 Å². The molecule has 0 saturated carbocycles. The fourth-order valence-electron chi connectivity index (χ4n) is 4.09. The predicted molar refractivity (Wildman–Crippen MR) is 151 cm³/mol. The van der Waals surface area contributed by atoms with Crippen LogP contribution in [0.15, 0.2) is 87.8 Å². The molecule has 6 aromatic rings. The Morgan fingerprint density at radius 2 is 1.74 bits per heavy atom. The first-order valence-electron chi connectivity index (χ1n) is 12.2. The lowest BCUT2D eigenvalue weighted by molar-refractivity contribution is 0.295. The number of furan rings is 1. The highest BCUT2D eigenvalue weighted by Gasteiger charge is 2.17. The van der Waals surface area contributed by atoms with Gasteiger partial charge >= 0.3 is 0 Å². The van der Waals surface area contributed by atoms with Crippen molar-refractivity contribution in [3.8, 4) is 28.7 Å². The van der Waals surface area contributed by atoms with Gasteiger partial charge in [0.15, 0.2) is 10.1 Å². The van der Waals surface area contributed by atoms with Gasteiger partial charge < -0.3 is 18.6 Å². The van der Waals surface area contributed by atoms with E-state index >= 15 is 0 Å². The molecule has 0 atom stereocenters. The van der Waals surface area contributed by atoms with Crippen molar-refractivity contribution < 1.29 is 18.6 Å². The van der Waals surface area contributed by atoms with Gasteiger partial charge in [-0.15, -0.1) is 5.10 Å². The highest BCUT2D eigenvalue weighted by Crippen LogP contribution is 2.38. The number of imidazole rings is 1. The molecule has 0 saturated heterocycles. The SMILES string of the molecule is CCOc1cc(OCc2cccc(OCc3ccccc3)c2)c2cc(-c3cn4nc(SC)sc4n3)oc2c1. The molecule has 0 fully saturated rings. The number of benzene rings is 3. The summed E-state index contributed by atoms with van der Waals surface area (Å²) in [6.07, 6.45) is 3.89. The van der Waals surface area contributed by atoms with Crippen LogP contribution < -0.4 is 14.2 Å². The van der Waals surface area contributed by atoms with Crippen LogP contribution in [0.5, 0.6) is 17.2 Å². The van der Waals surface area contributed by atoms with Crippen LogP contribution in [0.2, 0.25) is 0 Å². The zero-order chi connectivity index (χ0) is 25.9. The quantitative estimate of drug-likeness (QED) is 0.166. The predicted octanol–water partition coefficient (Wildman–Crippen LogP) is 7.48. The van der Waals surface area contributed by atoms with E-state index in [1.165, 1.54) is 0 Å². The fraction of sp³-hybridized carbons (Fsp3) is 0.172. The van der Waals surface area contributed by atoms with Gasteiger partial charge in [-0.05, 0) is 42.5 Å². The second-order valence-corrected chi connectivity index (χ2v) is 10.5. The third-order valence-corrected chi connectivity index (χ3v) is 7.77. The zero-order valence-electron chi connectivity index (χ0n) is 20.9. The molecule has 7 nitrogen and oxygen atoms in total. The van der Waals surface area contributed by atoms with Crippen molar-refractivity contribution in [2.24, 2.45) is 0 Å². The second-order valence-electron chi connectivity index (χ2n) is 8.51. The molecule has 192 valence electrons. The summed E-state index contributed by atoms with van der Waals surface area (Å²) in [5.74, 6) is 2.82. The Kier molecular flexibility index (Phi) is 6.94. The van der Waals surface area contributed by atoms with E-state index in [-0.39, 0.29) is 0 Å². The Bertz CT molecular complexity index is 1660. The zero-order valence-corrected chi connectivity index (χ0v) is 22.6. The van der Waals surface area contributed by atoms with E-state index in [4.69, 9.17) is 23.6 Å². The minimum Gasteiger partial charge on any atom is -0.494 e. The fourth-order valence-corrected chi connectivity index (χ4v) is 5.43. The van der Waals surface area contributed by atoms with E-state index in [0.29, 0.717) is 42.7 Å². The Morgan fingerprint density at radius 1 is 0.895 bits per heavy atom. The summed E-state index contributed by atoms with van der Waals surface area (Å²) in [6, 6.07) is 23.8. The molecule has 3 aromatic heterocycles. The third kappa shape index (κ3) is 5.20. The van der Waals surface area contributed by atoms with E-state index in [1.807, 2.05) is 92.2 Å². The second kappa shape index (κ2) is 10.8. The molecule has 0 aliphatic heterocycles. The minimum atomic E-state index is 0.370.